The topological polar surface area (TPSA) is 128 Å². The predicted octanol–water partition coefficient (Wildman–Crippen LogP) is 4.91. The molecule has 3 amide bonds. The van der Waals surface area contributed by atoms with Crippen molar-refractivity contribution in [3.8, 4) is 11.5 Å². The van der Waals surface area contributed by atoms with Gasteiger partial charge in [0.15, 0.2) is 5.75 Å². The van der Waals surface area contributed by atoms with Crippen LogP contribution in [0.5, 0.6) is 11.5 Å². The molecule has 3 N–H and O–H groups in total. The van der Waals surface area contributed by atoms with Gasteiger partial charge in [0, 0.05) is 46.2 Å². The number of carbonyl (C=O) groups is 3. The summed E-state index contributed by atoms with van der Waals surface area (Å²) < 4.78 is 11.7. The smallest absolute Gasteiger partial charge is 0.331 e. The molecule has 6 rings (SSSR count). The number of urea groups is 1. The van der Waals surface area contributed by atoms with Crippen molar-refractivity contribution in [2.75, 3.05) is 43.7 Å². The number of nitrogens with zero attached hydrogens (tertiary/aromatic N) is 4. The first kappa shape index (κ1) is 33.8. The van der Waals surface area contributed by atoms with Crippen LogP contribution in [0, 0.1) is 0 Å². The Morgan fingerprint density at radius 1 is 0.900 bits per heavy atom. The van der Waals surface area contributed by atoms with Gasteiger partial charge in [0.25, 0.3) is 0 Å². The van der Waals surface area contributed by atoms with Gasteiger partial charge in [-0.25, -0.2) is 14.6 Å². The average molecular weight is 676 g/mol. The minimum atomic E-state index is -0.500. The number of fused-ring (bicyclic) bond motifs is 2. The van der Waals surface area contributed by atoms with Gasteiger partial charge in [0.05, 0.1) is 23.7 Å². The summed E-state index contributed by atoms with van der Waals surface area (Å²) in [6.07, 6.45) is 1.75. The fourth-order valence-corrected chi connectivity index (χ4v) is 5.81. The van der Waals surface area contributed by atoms with Crippen molar-refractivity contribution in [3.05, 3.63) is 114 Å². The number of anilines is 2. The van der Waals surface area contributed by atoms with Gasteiger partial charge >= 0.3 is 12.0 Å². The molecule has 12 heteroatoms. The normalized spacial score (nSPS) is 13.0. The minimum absolute atomic E-state index is 0.0644. The summed E-state index contributed by atoms with van der Waals surface area (Å²) in [4.78, 5) is 47.1. The summed E-state index contributed by atoms with van der Waals surface area (Å²) in [6, 6.07) is 30.0. The molecule has 0 saturated heterocycles. The lowest BCUT2D eigenvalue weighted by molar-refractivity contribution is -0.134. The van der Waals surface area contributed by atoms with E-state index in [1.807, 2.05) is 96.8 Å². The van der Waals surface area contributed by atoms with E-state index in [1.165, 1.54) is 5.56 Å². The molecule has 0 spiro atoms. The van der Waals surface area contributed by atoms with Gasteiger partial charge in [-0.1, -0.05) is 66.7 Å². The van der Waals surface area contributed by atoms with Crippen LogP contribution in [0.1, 0.15) is 29.5 Å². The van der Waals surface area contributed by atoms with Crippen LogP contribution in [0.15, 0.2) is 102 Å². The van der Waals surface area contributed by atoms with Crippen LogP contribution < -0.4 is 35.4 Å². The molecule has 0 atom stereocenters. The number of hydrogen-bond acceptors (Lipinski definition) is 9. The Morgan fingerprint density at radius 2 is 1.68 bits per heavy atom. The second-order valence-corrected chi connectivity index (χ2v) is 12.2. The van der Waals surface area contributed by atoms with E-state index in [4.69, 9.17) is 14.5 Å². The van der Waals surface area contributed by atoms with Crippen LogP contribution in [-0.4, -0.2) is 62.6 Å². The highest BCUT2D eigenvalue weighted by Gasteiger charge is 2.26. The molecule has 0 saturated carbocycles. The van der Waals surface area contributed by atoms with E-state index in [0.29, 0.717) is 49.7 Å². The number of aliphatic imine (C=N–C) groups is 1. The van der Waals surface area contributed by atoms with Crippen molar-refractivity contribution < 1.29 is 23.9 Å². The second kappa shape index (κ2) is 15.9. The largest absolute Gasteiger partial charge is 0.494 e. The van der Waals surface area contributed by atoms with Gasteiger partial charge in [-0.2, -0.15) is 0 Å². The van der Waals surface area contributed by atoms with Crippen LogP contribution in [-0.2, 0) is 29.1 Å². The SMILES string of the molecule is CN(C)c1ccccc1OC(=O)CN1Cc2ccc(OCCCC(=O)NN3CCc4ccccc43)cc2N=C1NC(=O)NCc1ccccc1. The lowest BCUT2D eigenvalue weighted by Crippen LogP contribution is -2.50. The maximum Gasteiger partial charge on any atom is 0.331 e. The van der Waals surface area contributed by atoms with E-state index in [2.05, 4.69) is 22.1 Å². The van der Waals surface area contributed by atoms with Crippen LogP contribution in [0.25, 0.3) is 0 Å². The summed E-state index contributed by atoms with van der Waals surface area (Å²) >= 11 is 0. The standard InChI is InChI=1S/C38H41N7O5/c1-43(2)33-15-8-9-16-34(33)50-36(47)26-44-25-29-18-19-30(23-31(29)40-37(44)41-38(48)39-24-27-11-4-3-5-12-27)49-22-10-17-35(46)42-45-21-20-28-13-6-7-14-32(28)45/h3-9,11-16,18-19,23H,10,17,20-22,24-26H2,1-2H3,(H,42,46)(H2,39,40,41,48). The average Bonchev–Trinajstić information content (AvgIpc) is 3.52. The number of ether oxygens (including phenoxy) is 2. The van der Waals surface area contributed by atoms with E-state index in [9.17, 15) is 14.4 Å². The highest BCUT2D eigenvalue weighted by molar-refractivity contribution is 5.99. The predicted molar refractivity (Wildman–Crippen MR) is 193 cm³/mol. The third kappa shape index (κ3) is 8.70. The molecule has 12 nitrogen and oxygen atoms in total. The molecule has 2 heterocycles. The van der Waals surface area contributed by atoms with Gasteiger partial charge in [0.1, 0.15) is 12.3 Å². The Bertz CT molecular complexity index is 1860. The van der Waals surface area contributed by atoms with Crippen molar-refractivity contribution >= 4 is 40.9 Å². The molecule has 0 aliphatic carbocycles. The lowest BCUT2D eigenvalue weighted by atomic mass is 10.1. The lowest BCUT2D eigenvalue weighted by Gasteiger charge is -2.30. The van der Waals surface area contributed by atoms with Gasteiger partial charge in [0.2, 0.25) is 11.9 Å². The molecule has 0 fully saturated rings. The quantitative estimate of drug-likeness (QED) is 0.110. The highest BCUT2D eigenvalue weighted by atomic mass is 16.5. The van der Waals surface area contributed by atoms with Gasteiger partial charge in [-0.15, -0.1) is 0 Å². The molecule has 2 aliphatic heterocycles. The zero-order valence-corrected chi connectivity index (χ0v) is 28.2. The van der Waals surface area contributed by atoms with E-state index in [1.54, 1.807) is 23.1 Å². The number of nitrogens with one attached hydrogen (secondary N) is 3. The number of rotatable bonds is 12. The van der Waals surface area contributed by atoms with Crippen molar-refractivity contribution in [1.29, 1.82) is 0 Å². The van der Waals surface area contributed by atoms with Crippen LogP contribution in [0.4, 0.5) is 21.9 Å². The van der Waals surface area contributed by atoms with E-state index >= 15 is 0 Å². The first-order chi connectivity index (χ1) is 24.3. The van der Waals surface area contributed by atoms with Crippen LogP contribution in [0.2, 0.25) is 0 Å². The summed E-state index contributed by atoms with van der Waals surface area (Å²) in [6.45, 7) is 1.57. The Hall–Kier alpha value is -6.04. The molecule has 4 aromatic rings. The van der Waals surface area contributed by atoms with E-state index in [0.717, 1.165) is 35.5 Å². The molecular weight excluding hydrogens is 634 g/mol. The number of amides is 3. The summed E-state index contributed by atoms with van der Waals surface area (Å²) in [5, 5.41) is 7.57. The number of esters is 1. The van der Waals surface area contributed by atoms with E-state index < -0.39 is 12.0 Å². The van der Waals surface area contributed by atoms with Crippen molar-refractivity contribution in [3.63, 3.8) is 0 Å². The third-order valence-electron chi connectivity index (χ3n) is 8.32. The Kier molecular flexibility index (Phi) is 10.8. The zero-order chi connectivity index (χ0) is 34.9. The van der Waals surface area contributed by atoms with Crippen molar-refractivity contribution in [2.45, 2.75) is 32.4 Å². The van der Waals surface area contributed by atoms with Crippen LogP contribution in [0.3, 0.4) is 0 Å². The Labute approximate surface area is 291 Å². The zero-order valence-electron chi connectivity index (χ0n) is 28.2. The maximum atomic E-state index is 13.2. The molecule has 4 aromatic carbocycles. The number of hydrazine groups is 1. The Balaban J connectivity index is 1.08. The molecular formula is C38H41N7O5. The summed E-state index contributed by atoms with van der Waals surface area (Å²) in [5.41, 5.74) is 8.42. The van der Waals surface area contributed by atoms with E-state index in [-0.39, 0.29) is 18.4 Å². The third-order valence-corrected chi connectivity index (χ3v) is 8.32. The molecule has 0 radical (unpaired) electrons. The van der Waals surface area contributed by atoms with Gasteiger partial charge < -0.3 is 24.6 Å². The summed E-state index contributed by atoms with van der Waals surface area (Å²) in [7, 11) is 3.75. The summed E-state index contributed by atoms with van der Waals surface area (Å²) in [5.74, 6) is 0.665. The first-order valence-corrected chi connectivity index (χ1v) is 16.6. The van der Waals surface area contributed by atoms with Crippen LogP contribution >= 0.6 is 0 Å². The maximum absolute atomic E-state index is 13.2. The molecule has 2 aliphatic rings. The number of carbonyl (C=O) groups excluding carboxylic acids is 3. The second-order valence-electron chi connectivity index (χ2n) is 12.2. The monoisotopic (exact) mass is 675 g/mol. The number of benzene rings is 4. The van der Waals surface area contributed by atoms with Gasteiger partial charge in [-0.3, -0.25) is 20.5 Å². The molecule has 0 unspecified atom stereocenters. The fourth-order valence-electron chi connectivity index (χ4n) is 5.81. The molecule has 0 aromatic heterocycles. The molecule has 0 bridgehead atoms. The first-order valence-electron chi connectivity index (χ1n) is 16.6. The Morgan fingerprint density at radius 3 is 2.52 bits per heavy atom. The fraction of sp³-hybridized carbons (Fsp3) is 0.263. The number of para-hydroxylation sites is 3. The van der Waals surface area contributed by atoms with Crippen molar-refractivity contribution in [1.82, 2.24) is 21.0 Å². The highest BCUT2D eigenvalue weighted by Crippen LogP contribution is 2.31. The number of guanidine groups is 1. The minimum Gasteiger partial charge on any atom is -0.494 e. The number of hydrogen-bond donors (Lipinski definition) is 3. The van der Waals surface area contributed by atoms with Gasteiger partial charge in [-0.05, 0) is 53.8 Å². The van der Waals surface area contributed by atoms with Crippen molar-refractivity contribution in [2.24, 2.45) is 4.99 Å². The molecule has 258 valence electrons. The molecule has 50 heavy (non-hydrogen) atoms.